The summed E-state index contributed by atoms with van der Waals surface area (Å²) in [4.78, 5) is 14.0. The molecule has 0 saturated carbocycles. The van der Waals surface area contributed by atoms with Crippen LogP contribution in [0.2, 0.25) is 0 Å². The monoisotopic (exact) mass is 344 g/mol. The highest BCUT2D eigenvalue weighted by atomic mass is 32.2. The van der Waals surface area contributed by atoms with Crippen molar-refractivity contribution in [2.24, 2.45) is 0 Å². The number of sulfonamides is 1. The summed E-state index contributed by atoms with van der Waals surface area (Å²) in [5.74, 6) is -0.759. The number of hydrogen-bond acceptors (Lipinski definition) is 5. The van der Waals surface area contributed by atoms with E-state index >= 15 is 0 Å². The van der Waals surface area contributed by atoms with Gasteiger partial charge in [-0.25, -0.2) is 17.6 Å². The van der Waals surface area contributed by atoms with Gasteiger partial charge in [-0.15, -0.1) is 0 Å². The number of ether oxygens (including phenoxy) is 1. The van der Waals surface area contributed by atoms with Crippen LogP contribution in [0, 0.1) is 5.82 Å². The van der Waals surface area contributed by atoms with E-state index in [0.717, 1.165) is 0 Å². The predicted octanol–water partition coefficient (Wildman–Crippen LogP) is 1.01. The van der Waals surface area contributed by atoms with Crippen molar-refractivity contribution in [1.82, 2.24) is 9.21 Å². The Kier molecular flexibility index (Phi) is 5.72. The first-order valence-electron chi connectivity index (χ1n) is 7.44. The first-order chi connectivity index (χ1) is 10.9. The quantitative estimate of drug-likeness (QED) is 0.746. The van der Waals surface area contributed by atoms with Crippen molar-refractivity contribution in [3.8, 4) is 0 Å². The molecule has 23 heavy (non-hydrogen) atoms. The third-order valence-corrected chi connectivity index (χ3v) is 5.89. The van der Waals surface area contributed by atoms with Crippen LogP contribution in [-0.2, 0) is 19.6 Å². The van der Waals surface area contributed by atoms with E-state index in [-0.39, 0.29) is 11.6 Å². The van der Waals surface area contributed by atoms with Crippen LogP contribution in [0.15, 0.2) is 24.3 Å². The number of hydrogen-bond donors (Lipinski definition) is 0. The summed E-state index contributed by atoms with van der Waals surface area (Å²) < 4.78 is 43.2. The minimum atomic E-state index is -3.23. The molecule has 2 rings (SSSR count). The molecule has 0 unspecified atom stereocenters. The summed E-state index contributed by atoms with van der Waals surface area (Å²) in [5, 5.41) is 0. The smallest absolute Gasteiger partial charge is 0.327 e. The Morgan fingerprint density at radius 3 is 2.26 bits per heavy atom. The topological polar surface area (TPSA) is 66.9 Å². The molecule has 1 heterocycles. The van der Waals surface area contributed by atoms with E-state index in [4.69, 9.17) is 4.74 Å². The van der Waals surface area contributed by atoms with E-state index in [9.17, 15) is 17.6 Å². The zero-order chi connectivity index (χ0) is 17.0. The van der Waals surface area contributed by atoms with Gasteiger partial charge in [-0.05, 0) is 24.6 Å². The summed E-state index contributed by atoms with van der Waals surface area (Å²) in [5.41, 5.74) is 0.630. The lowest BCUT2D eigenvalue weighted by atomic mass is 10.0. The molecule has 0 spiro atoms. The molecule has 1 aliphatic rings. The van der Waals surface area contributed by atoms with Crippen LogP contribution in [0.5, 0.6) is 0 Å². The lowest BCUT2D eigenvalue weighted by Gasteiger charge is -2.37. The molecule has 1 saturated heterocycles. The number of esters is 1. The van der Waals surface area contributed by atoms with Crippen molar-refractivity contribution in [3.05, 3.63) is 35.6 Å². The van der Waals surface area contributed by atoms with Crippen LogP contribution in [0.1, 0.15) is 18.5 Å². The summed E-state index contributed by atoms with van der Waals surface area (Å²) in [6.45, 7) is 3.08. The Morgan fingerprint density at radius 2 is 1.78 bits per heavy atom. The molecule has 128 valence electrons. The number of benzene rings is 1. The fourth-order valence-electron chi connectivity index (χ4n) is 2.68. The Bertz CT molecular complexity index is 640. The van der Waals surface area contributed by atoms with Crippen LogP contribution in [0.4, 0.5) is 4.39 Å². The van der Waals surface area contributed by atoms with Crippen molar-refractivity contribution in [1.29, 1.82) is 0 Å². The first kappa shape index (κ1) is 17.8. The molecule has 0 aliphatic carbocycles. The second-order valence-electron chi connectivity index (χ2n) is 5.31. The number of carbonyl (C=O) groups is 1. The minimum Gasteiger partial charge on any atom is -0.468 e. The van der Waals surface area contributed by atoms with Gasteiger partial charge in [0.05, 0.1) is 12.9 Å². The molecule has 0 bridgehead atoms. The number of rotatable bonds is 5. The van der Waals surface area contributed by atoms with Gasteiger partial charge >= 0.3 is 5.97 Å². The van der Waals surface area contributed by atoms with Gasteiger partial charge in [0, 0.05) is 26.2 Å². The highest BCUT2D eigenvalue weighted by Gasteiger charge is 2.33. The molecule has 0 aromatic heterocycles. The van der Waals surface area contributed by atoms with Gasteiger partial charge in [-0.1, -0.05) is 12.1 Å². The summed E-state index contributed by atoms with van der Waals surface area (Å²) in [6.07, 6.45) is 0. The van der Waals surface area contributed by atoms with Crippen LogP contribution < -0.4 is 0 Å². The molecule has 0 amide bonds. The number of carbonyl (C=O) groups excluding carboxylic acids is 1. The fourth-order valence-corrected chi connectivity index (χ4v) is 3.76. The maximum Gasteiger partial charge on any atom is 0.327 e. The predicted molar refractivity (Wildman–Crippen MR) is 83.8 cm³/mol. The molecular formula is C15H21FN2O4S. The van der Waals surface area contributed by atoms with Gasteiger partial charge < -0.3 is 4.74 Å². The molecule has 1 aliphatic heterocycles. The molecular weight excluding hydrogens is 323 g/mol. The third kappa shape index (κ3) is 4.07. The largest absolute Gasteiger partial charge is 0.468 e. The second kappa shape index (κ2) is 7.37. The fraction of sp³-hybridized carbons (Fsp3) is 0.533. The normalized spacial score (nSPS) is 18.6. The molecule has 1 aromatic rings. The number of methoxy groups -OCH3 is 1. The molecule has 6 nitrogen and oxygen atoms in total. The Labute approximate surface area is 135 Å². The molecule has 8 heteroatoms. The maximum atomic E-state index is 13.1. The van der Waals surface area contributed by atoms with Crippen molar-refractivity contribution < 1.29 is 22.3 Å². The van der Waals surface area contributed by atoms with Gasteiger partial charge in [0.2, 0.25) is 10.0 Å². The Hall–Kier alpha value is -1.51. The van der Waals surface area contributed by atoms with E-state index < -0.39 is 22.0 Å². The van der Waals surface area contributed by atoms with E-state index in [1.54, 1.807) is 19.1 Å². The maximum absolute atomic E-state index is 13.1. The van der Waals surface area contributed by atoms with Gasteiger partial charge in [0.25, 0.3) is 0 Å². The average molecular weight is 344 g/mol. The molecule has 0 radical (unpaired) electrons. The Morgan fingerprint density at radius 1 is 1.22 bits per heavy atom. The third-order valence-electron chi connectivity index (χ3n) is 4.01. The van der Waals surface area contributed by atoms with Gasteiger partial charge in [-0.2, -0.15) is 4.31 Å². The van der Waals surface area contributed by atoms with Crippen LogP contribution >= 0.6 is 0 Å². The number of nitrogens with zero attached hydrogens (tertiary/aromatic N) is 2. The highest BCUT2D eigenvalue weighted by Crippen LogP contribution is 2.24. The molecule has 1 aromatic carbocycles. The van der Waals surface area contributed by atoms with E-state index in [0.29, 0.717) is 31.7 Å². The second-order valence-corrected chi connectivity index (χ2v) is 7.57. The number of halogens is 1. The molecule has 1 fully saturated rings. The van der Waals surface area contributed by atoms with Crippen LogP contribution in [-0.4, -0.2) is 62.6 Å². The number of piperazine rings is 1. The SMILES string of the molecule is CCS(=O)(=O)N1CCN([C@@H](C(=O)OC)c2ccc(F)cc2)CC1. The van der Waals surface area contributed by atoms with Crippen molar-refractivity contribution in [3.63, 3.8) is 0 Å². The average Bonchev–Trinajstić information content (AvgIpc) is 2.57. The zero-order valence-electron chi connectivity index (χ0n) is 13.2. The summed E-state index contributed by atoms with van der Waals surface area (Å²) in [6, 6.07) is 5.02. The highest BCUT2D eigenvalue weighted by molar-refractivity contribution is 7.89. The van der Waals surface area contributed by atoms with Crippen molar-refractivity contribution in [2.45, 2.75) is 13.0 Å². The van der Waals surface area contributed by atoms with Gasteiger partial charge in [0.15, 0.2) is 0 Å². The molecule has 1 atom stereocenters. The van der Waals surface area contributed by atoms with Gasteiger partial charge in [-0.3, -0.25) is 4.90 Å². The lowest BCUT2D eigenvalue weighted by Crippen LogP contribution is -2.51. The van der Waals surface area contributed by atoms with Crippen molar-refractivity contribution >= 4 is 16.0 Å². The van der Waals surface area contributed by atoms with Crippen LogP contribution in [0.25, 0.3) is 0 Å². The molecule has 0 N–H and O–H groups in total. The van der Waals surface area contributed by atoms with Crippen LogP contribution in [0.3, 0.4) is 0 Å². The van der Waals surface area contributed by atoms with Gasteiger partial charge in [0.1, 0.15) is 11.9 Å². The summed E-state index contributed by atoms with van der Waals surface area (Å²) in [7, 11) is -1.92. The van der Waals surface area contributed by atoms with Crippen molar-refractivity contribution in [2.75, 3.05) is 39.0 Å². The van der Waals surface area contributed by atoms with E-state index in [1.807, 2.05) is 4.90 Å². The first-order valence-corrected chi connectivity index (χ1v) is 9.05. The van der Waals surface area contributed by atoms with E-state index in [2.05, 4.69) is 0 Å². The summed E-state index contributed by atoms with van der Waals surface area (Å²) >= 11 is 0. The minimum absolute atomic E-state index is 0.0609. The zero-order valence-corrected chi connectivity index (χ0v) is 14.1. The Balaban J connectivity index is 2.16. The lowest BCUT2D eigenvalue weighted by molar-refractivity contribution is -0.147. The standard InChI is InChI=1S/C15H21FN2O4S/c1-3-23(20,21)18-10-8-17(9-11-18)14(15(19)22-2)12-4-6-13(16)7-5-12/h4-7,14H,3,8-11H2,1-2H3/t14-/m1/s1. The van der Waals surface area contributed by atoms with E-state index in [1.165, 1.54) is 23.5 Å².